The number of pyridine rings is 1. The van der Waals surface area contributed by atoms with Crippen LogP contribution in [0.3, 0.4) is 0 Å². The lowest BCUT2D eigenvalue weighted by Gasteiger charge is -2.30. The number of amides is 2. The maximum atomic E-state index is 12.8. The lowest BCUT2D eigenvalue weighted by atomic mass is 10.2. The molecule has 1 aromatic carbocycles. The van der Waals surface area contributed by atoms with Crippen molar-refractivity contribution < 1.29 is 19.1 Å². The van der Waals surface area contributed by atoms with Gasteiger partial charge in [-0.1, -0.05) is 18.2 Å². The van der Waals surface area contributed by atoms with Crippen LogP contribution in [0.4, 0.5) is 11.4 Å². The highest BCUT2D eigenvalue weighted by Crippen LogP contribution is 2.26. The molecule has 0 unspecified atom stereocenters. The number of hydrogen-bond donors (Lipinski definition) is 2. The van der Waals surface area contributed by atoms with E-state index in [-0.39, 0.29) is 23.2 Å². The average molecular weight is 398 g/mol. The molecule has 8 heteroatoms. The van der Waals surface area contributed by atoms with Crippen LogP contribution in [-0.4, -0.2) is 63.4 Å². The summed E-state index contributed by atoms with van der Waals surface area (Å²) in [6, 6.07) is 12.5. The predicted molar refractivity (Wildman–Crippen MR) is 110 cm³/mol. The Morgan fingerprint density at radius 3 is 2.55 bits per heavy atom. The summed E-state index contributed by atoms with van der Waals surface area (Å²) >= 11 is 0. The molecule has 1 fully saturated rings. The number of morpholine rings is 1. The quantitative estimate of drug-likeness (QED) is 0.660. The molecule has 2 aromatic rings. The van der Waals surface area contributed by atoms with Gasteiger partial charge >= 0.3 is 0 Å². The number of nitrogens with one attached hydrogen (secondary N) is 2. The van der Waals surface area contributed by atoms with Crippen LogP contribution < -0.4 is 15.5 Å². The summed E-state index contributed by atoms with van der Waals surface area (Å²) in [5, 5.41) is 5.69. The maximum absolute atomic E-state index is 12.8. The van der Waals surface area contributed by atoms with Crippen molar-refractivity contribution in [2.45, 2.75) is 6.42 Å². The highest BCUT2D eigenvalue weighted by Gasteiger charge is 2.17. The van der Waals surface area contributed by atoms with Crippen LogP contribution in [0.25, 0.3) is 0 Å². The van der Waals surface area contributed by atoms with Crippen molar-refractivity contribution in [3.63, 3.8) is 0 Å². The number of carbonyl (C=O) groups excluding carboxylic acids is 2. The number of anilines is 2. The minimum absolute atomic E-state index is 0.186. The largest absolute Gasteiger partial charge is 0.385 e. The number of para-hydroxylation sites is 2. The van der Waals surface area contributed by atoms with Crippen LogP contribution in [0.1, 0.15) is 27.4 Å². The summed E-state index contributed by atoms with van der Waals surface area (Å²) in [5.41, 5.74) is 2.04. The van der Waals surface area contributed by atoms with Gasteiger partial charge in [0, 0.05) is 33.4 Å². The molecule has 154 valence electrons. The molecule has 1 aromatic heterocycles. The predicted octanol–water partition coefficient (Wildman–Crippen LogP) is 1.94. The molecule has 0 bridgehead atoms. The fourth-order valence-corrected chi connectivity index (χ4v) is 3.04. The van der Waals surface area contributed by atoms with E-state index in [1.54, 1.807) is 25.3 Å². The van der Waals surface area contributed by atoms with Gasteiger partial charge < -0.3 is 25.0 Å². The second-order valence-corrected chi connectivity index (χ2v) is 6.58. The first kappa shape index (κ1) is 20.8. The molecule has 3 rings (SSSR count). The van der Waals surface area contributed by atoms with Crippen LogP contribution in [0.2, 0.25) is 0 Å². The summed E-state index contributed by atoms with van der Waals surface area (Å²) in [7, 11) is 1.61. The van der Waals surface area contributed by atoms with Crippen LogP contribution in [0.5, 0.6) is 0 Å². The van der Waals surface area contributed by atoms with E-state index in [2.05, 4.69) is 20.5 Å². The topological polar surface area (TPSA) is 92.8 Å². The molecule has 0 atom stereocenters. The number of benzene rings is 1. The van der Waals surface area contributed by atoms with Crippen molar-refractivity contribution in [3.05, 3.63) is 53.9 Å². The van der Waals surface area contributed by atoms with Gasteiger partial charge in [-0.3, -0.25) is 9.59 Å². The molecule has 29 heavy (non-hydrogen) atoms. The zero-order valence-electron chi connectivity index (χ0n) is 16.5. The van der Waals surface area contributed by atoms with E-state index in [9.17, 15) is 9.59 Å². The van der Waals surface area contributed by atoms with E-state index < -0.39 is 0 Å². The summed E-state index contributed by atoms with van der Waals surface area (Å²) in [5.74, 6) is -0.677. The molecule has 2 N–H and O–H groups in total. The summed E-state index contributed by atoms with van der Waals surface area (Å²) in [6.07, 6.45) is 0.709. The molecule has 0 radical (unpaired) electrons. The third-order valence-corrected chi connectivity index (χ3v) is 4.53. The van der Waals surface area contributed by atoms with Gasteiger partial charge in [-0.15, -0.1) is 0 Å². The number of rotatable bonds is 8. The zero-order chi connectivity index (χ0) is 20.5. The first-order chi connectivity index (χ1) is 14.2. The van der Waals surface area contributed by atoms with Gasteiger partial charge in [0.1, 0.15) is 11.4 Å². The Morgan fingerprint density at radius 1 is 1.07 bits per heavy atom. The third-order valence-electron chi connectivity index (χ3n) is 4.53. The highest BCUT2D eigenvalue weighted by molar-refractivity contribution is 6.05. The Kier molecular flexibility index (Phi) is 7.54. The molecular formula is C21H26N4O4. The molecule has 1 saturated heterocycles. The van der Waals surface area contributed by atoms with Crippen LogP contribution in [-0.2, 0) is 9.47 Å². The minimum atomic E-state index is -0.361. The molecule has 0 spiro atoms. The Balaban J connectivity index is 1.68. The van der Waals surface area contributed by atoms with E-state index in [4.69, 9.17) is 9.47 Å². The van der Waals surface area contributed by atoms with E-state index in [1.807, 2.05) is 24.3 Å². The van der Waals surface area contributed by atoms with E-state index in [1.165, 1.54) is 0 Å². The van der Waals surface area contributed by atoms with Crippen LogP contribution in [0, 0.1) is 0 Å². The van der Waals surface area contributed by atoms with Crippen LogP contribution >= 0.6 is 0 Å². The van der Waals surface area contributed by atoms with Gasteiger partial charge in [0.05, 0.1) is 24.6 Å². The number of carbonyl (C=O) groups is 2. The molecule has 2 heterocycles. The van der Waals surface area contributed by atoms with Crippen LogP contribution in [0.15, 0.2) is 42.5 Å². The van der Waals surface area contributed by atoms with Gasteiger partial charge in [-0.25, -0.2) is 4.98 Å². The normalized spacial score (nSPS) is 13.8. The smallest absolute Gasteiger partial charge is 0.274 e. The summed E-state index contributed by atoms with van der Waals surface area (Å²) in [6.45, 7) is 3.90. The Labute approximate surface area is 170 Å². The van der Waals surface area contributed by atoms with Crippen molar-refractivity contribution in [1.29, 1.82) is 0 Å². The molecule has 2 amide bonds. The van der Waals surface area contributed by atoms with Crippen molar-refractivity contribution in [2.24, 2.45) is 0 Å². The Hall–Kier alpha value is -2.97. The highest BCUT2D eigenvalue weighted by atomic mass is 16.5. The fraction of sp³-hybridized carbons (Fsp3) is 0.381. The lowest BCUT2D eigenvalue weighted by Crippen LogP contribution is -2.36. The lowest BCUT2D eigenvalue weighted by molar-refractivity contribution is 0.0943. The van der Waals surface area contributed by atoms with E-state index in [0.29, 0.717) is 38.5 Å². The first-order valence-corrected chi connectivity index (χ1v) is 9.66. The maximum Gasteiger partial charge on any atom is 0.274 e. The molecule has 1 aliphatic rings. The zero-order valence-corrected chi connectivity index (χ0v) is 16.5. The number of nitrogens with zero attached hydrogens (tertiary/aromatic N) is 2. The van der Waals surface area contributed by atoms with Gasteiger partial charge in [0.2, 0.25) is 0 Å². The molecule has 0 aliphatic carbocycles. The van der Waals surface area contributed by atoms with Gasteiger partial charge in [0.25, 0.3) is 11.8 Å². The second kappa shape index (κ2) is 10.5. The van der Waals surface area contributed by atoms with Gasteiger partial charge in [0.15, 0.2) is 0 Å². The summed E-state index contributed by atoms with van der Waals surface area (Å²) < 4.78 is 10.4. The molecule has 8 nitrogen and oxygen atoms in total. The van der Waals surface area contributed by atoms with Crippen molar-refractivity contribution >= 4 is 23.2 Å². The van der Waals surface area contributed by atoms with E-state index >= 15 is 0 Å². The molecule has 1 aliphatic heterocycles. The second-order valence-electron chi connectivity index (χ2n) is 6.58. The average Bonchev–Trinajstić information content (AvgIpc) is 2.77. The minimum Gasteiger partial charge on any atom is -0.385 e. The molecule has 0 saturated carbocycles. The van der Waals surface area contributed by atoms with Crippen molar-refractivity contribution in [2.75, 3.05) is 56.8 Å². The number of methoxy groups -OCH3 is 1. The van der Waals surface area contributed by atoms with Crippen molar-refractivity contribution in [1.82, 2.24) is 10.3 Å². The Morgan fingerprint density at radius 2 is 1.79 bits per heavy atom. The summed E-state index contributed by atoms with van der Waals surface area (Å²) in [4.78, 5) is 31.4. The fourth-order valence-electron chi connectivity index (χ4n) is 3.04. The van der Waals surface area contributed by atoms with Crippen molar-refractivity contribution in [3.8, 4) is 0 Å². The number of hydrogen-bond acceptors (Lipinski definition) is 6. The first-order valence-electron chi connectivity index (χ1n) is 9.66. The molecular weight excluding hydrogens is 372 g/mol. The SMILES string of the molecule is COCCCNC(=O)c1cccc(C(=O)Nc2ccccc2N2CCOCC2)n1. The van der Waals surface area contributed by atoms with Gasteiger partial charge in [-0.05, 0) is 30.7 Å². The third kappa shape index (κ3) is 5.75. The number of ether oxygens (including phenoxy) is 2. The van der Waals surface area contributed by atoms with Gasteiger partial charge in [-0.2, -0.15) is 0 Å². The number of aromatic nitrogens is 1. The Bertz CT molecular complexity index is 837. The van der Waals surface area contributed by atoms with E-state index in [0.717, 1.165) is 18.8 Å². The monoisotopic (exact) mass is 398 g/mol. The standard InChI is InChI=1S/C21H26N4O4/c1-28-13-5-10-22-20(26)17-7-4-8-18(23-17)21(27)24-16-6-2-3-9-19(16)25-11-14-29-15-12-25/h2-4,6-9H,5,10-15H2,1H3,(H,22,26)(H,24,27).